The van der Waals surface area contributed by atoms with Gasteiger partial charge in [-0.05, 0) is 42.8 Å². The lowest BCUT2D eigenvalue weighted by atomic mass is 9.87. The van der Waals surface area contributed by atoms with Crippen LogP contribution in [-0.2, 0) is 10.3 Å². The minimum Gasteiger partial charge on any atom is -0.465 e. The minimum absolute atomic E-state index is 0.0223. The van der Waals surface area contributed by atoms with Crippen molar-refractivity contribution in [2.45, 2.75) is 18.9 Å². The molecule has 148 valence electrons. The van der Waals surface area contributed by atoms with Crippen LogP contribution in [0.15, 0.2) is 47.5 Å². The number of hydrogen-bond donors (Lipinski definition) is 4. The molecule has 0 aliphatic carbocycles. The molecule has 2 aromatic carbocycles. The first-order valence-corrected chi connectivity index (χ1v) is 8.75. The van der Waals surface area contributed by atoms with E-state index in [1.165, 1.54) is 11.9 Å². The Morgan fingerprint density at radius 3 is 2.76 bits per heavy atom. The summed E-state index contributed by atoms with van der Waals surface area (Å²) in [6.45, 7) is 1.77. The molecule has 0 unspecified atom stereocenters. The van der Waals surface area contributed by atoms with Crippen molar-refractivity contribution in [3.05, 3.63) is 53.6 Å². The lowest BCUT2D eigenvalue weighted by Gasteiger charge is -2.34. The molecule has 0 bridgehead atoms. The largest absolute Gasteiger partial charge is 0.465 e. The summed E-state index contributed by atoms with van der Waals surface area (Å²) in [6, 6.07) is 14.3. The van der Waals surface area contributed by atoms with Gasteiger partial charge in [-0.3, -0.25) is 15.0 Å². The van der Waals surface area contributed by atoms with Gasteiger partial charge in [-0.1, -0.05) is 12.1 Å². The lowest BCUT2D eigenvalue weighted by Crippen LogP contribution is -2.51. The fourth-order valence-corrected chi connectivity index (χ4v) is 3.09. The molecule has 0 saturated heterocycles. The number of guanidine groups is 1. The predicted octanol–water partition coefficient (Wildman–Crippen LogP) is 2.58. The van der Waals surface area contributed by atoms with E-state index in [1.54, 1.807) is 25.1 Å². The van der Waals surface area contributed by atoms with Gasteiger partial charge in [0.1, 0.15) is 0 Å². The van der Waals surface area contributed by atoms with Crippen LogP contribution in [0.5, 0.6) is 0 Å². The van der Waals surface area contributed by atoms with Crippen molar-refractivity contribution in [3.63, 3.8) is 0 Å². The SMILES string of the molecule is CN1C(=O)C[C@@](C)(c2cccc(Nc3ccc(C#N)cc3N)c2)N=C1NC(=O)O. The summed E-state index contributed by atoms with van der Waals surface area (Å²) in [4.78, 5) is 29.1. The Morgan fingerprint density at radius 1 is 1.34 bits per heavy atom. The molecule has 1 atom stereocenters. The Labute approximate surface area is 167 Å². The minimum atomic E-state index is -1.29. The summed E-state index contributed by atoms with van der Waals surface area (Å²) in [6.07, 6.45) is -1.20. The Hall–Kier alpha value is -4.06. The molecule has 1 aliphatic heterocycles. The molecular weight excluding hydrogens is 372 g/mol. The summed E-state index contributed by atoms with van der Waals surface area (Å²) in [5.41, 5.74) is 8.06. The standard InChI is InChI=1S/C20H20N6O3/c1-20(10-17(27)26(2)18(25-20)24-19(28)29)13-4-3-5-14(9-13)23-16-7-6-12(11-21)8-15(16)22/h3-9,23H,10,22H2,1-2H3,(H,24,25)(H,28,29)/t20-/m0/s1. The summed E-state index contributed by atoms with van der Waals surface area (Å²) in [7, 11) is 1.47. The van der Waals surface area contributed by atoms with Crippen molar-refractivity contribution >= 4 is 35.0 Å². The van der Waals surface area contributed by atoms with E-state index in [4.69, 9.17) is 16.1 Å². The van der Waals surface area contributed by atoms with Crippen LogP contribution in [0.1, 0.15) is 24.5 Å². The number of carbonyl (C=O) groups excluding carboxylic acids is 1. The Bertz CT molecular complexity index is 1060. The number of rotatable bonds is 3. The number of nitriles is 1. The molecule has 9 heteroatoms. The van der Waals surface area contributed by atoms with Crippen LogP contribution < -0.4 is 16.4 Å². The van der Waals surface area contributed by atoms with E-state index < -0.39 is 11.6 Å². The molecule has 2 amide bonds. The van der Waals surface area contributed by atoms with Crippen LogP contribution in [0.3, 0.4) is 0 Å². The maximum Gasteiger partial charge on any atom is 0.411 e. The van der Waals surface area contributed by atoms with E-state index in [1.807, 2.05) is 30.3 Å². The number of nitrogen functional groups attached to an aromatic ring is 1. The average molecular weight is 392 g/mol. The number of amides is 2. The second kappa shape index (κ2) is 7.52. The second-order valence-corrected chi connectivity index (χ2v) is 6.89. The van der Waals surface area contributed by atoms with Gasteiger partial charge < -0.3 is 16.2 Å². The van der Waals surface area contributed by atoms with Crippen LogP contribution in [0, 0.1) is 11.3 Å². The van der Waals surface area contributed by atoms with Crippen molar-refractivity contribution in [1.29, 1.82) is 5.26 Å². The number of aliphatic imine (C=N–C) groups is 1. The fraction of sp³-hybridized carbons (Fsp3) is 0.200. The number of nitrogens with zero attached hydrogens (tertiary/aromatic N) is 3. The number of anilines is 3. The topological polar surface area (TPSA) is 144 Å². The molecule has 5 N–H and O–H groups in total. The van der Waals surface area contributed by atoms with Crippen LogP contribution >= 0.6 is 0 Å². The Morgan fingerprint density at radius 2 is 2.10 bits per heavy atom. The first-order valence-electron chi connectivity index (χ1n) is 8.75. The quantitative estimate of drug-likeness (QED) is 0.591. The zero-order valence-corrected chi connectivity index (χ0v) is 15.9. The maximum atomic E-state index is 12.4. The molecule has 1 aliphatic rings. The molecule has 0 fully saturated rings. The lowest BCUT2D eigenvalue weighted by molar-refractivity contribution is -0.128. The van der Waals surface area contributed by atoms with Gasteiger partial charge in [-0.2, -0.15) is 5.26 Å². The van der Waals surface area contributed by atoms with E-state index in [2.05, 4.69) is 15.6 Å². The Balaban J connectivity index is 1.94. The van der Waals surface area contributed by atoms with Gasteiger partial charge in [-0.25, -0.2) is 9.79 Å². The van der Waals surface area contributed by atoms with Crippen molar-refractivity contribution in [3.8, 4) is 6.07 Å². The molecule has 3 rings (SSSR count). The summed E-state index contributed by atoms with van der Waals surface area (Å²) in [5.74, 6) is -0.271. The zero-order valence-electron chi connectivity index (χ0n) is 15.9. The zero-order chi connectivity index (χ0) is 21.2. The molecule has 29 heavy (non-hydrogen) atoms. The average Bonchev–Trinajstić information content (AvgIpc) is 2.67. The third-order valence-electron chi connectivity index (χ3n) is 4.70. The van der Waals surface area contributed by atoms with Crippen LogP contribution in [0.2, 0.25) is 0 Å². The second-order valence-electron chi connectivity index (χ2n) is 6.89. The molecule has 1 heterocycles. The van der Waals surface area contributed by atoms with E-state index in [0.717, 1.165) is 11.3 Å². The van der Waals surface area contributed by atoms with Crippen molar-refractivity contribution in [1.82, 2.24) is 10.2 Å². The van der Waals surface area contributed by atoms with Gasteiger partial charge in [-0.15, -0.1) is 0 Å². The molecule has 0 radical (unpaired) electrons. The monoisotopic (exact) mass is 392 g/mol. The number of hydrogen-bond acceptors (Lipinski definition) is 6. The van der Waals surface area contributed by atoms with Crippen LogP contribution in [0.4, 0.5) is 21.9 Å². The van der Waals surface area contributed by atoms with E-state index in [-0.39, 0.29) is 18.3 Å². The maximum absolute atomic E-state index is 12.4. The van der Waals surface area contributed by atoms with Crippen LogP contribution in [-0.4, -0.2) is 35.0 Å². The summed E-state index contributed by atoms with van der Waals surface area (Å²) in [5, 5.41) is 23.3. The normalized spacial score (nSPS) is 18.6. The molecule has 2 aromatic rings. The smallest absolute Gasteiger partial charge is 0.411 e. The van der Waals surface area contributed by atoms with E-state index in [9.17, 15) is 9.59 Å². The van der Waals surface area contributed by atoms with Gasteiger partial charge in [0.15, 0.2) is 0 Å². The number of carboxylic acid groups (broad SMARTS) is 1. The molecule has 9 nitrogen and oxygen atoms in total. The van der Waals surface area contributed by atoms with Gasteiger partial charge >= 0.3 is 6.09 Å². The van der Waals surface area contributed by atoms with Crippen molar-refractivity contribution < 1.29 is 14.7 Å². The van der Waals surface area contributed by atoms with Crippen molar-refractivity contribution in [2.75, 3.05) is 18.1 Å². The van der Waals surface area contributed by atoms with E-state index in [0.29, 0.717) is 16.9 Å². The first kappa shape index (κ1) is 19.7. The third-order valence-corrected chi connectivity index (χ3v) is 4.70. The van der Waals surface area contributed by atoms with Crippen LogP contribution in [0.25, 0.3) is 0 Å². The number of carbonyl (C=O) groups is 2. The predicted molar refractivity (Wildman–Crippen MR) is 109 cm³/mol. The summed E-state index contributed by atoms with van der Waals surface area (Å²) >= 11 is 0. The Kier molecular flexibility index (Phi) is 5.10. The van der Waals surface area contributed by atoms with Gasteiger partial charge in [0.2, 0.25) is 11.9 Å². The van der Waals surface area contributed by atoms with Gasteiger partial charge in [0, 0.05) is 12.7 Å². The van der Waals surface area contributed by atoms with Gasteiger partial charge in [0.05, 0.1) is 35.0 Å². The summed E-state index contributed by atoms with van der Waals surface area (Å²) < 4.78 is 0. The molecule has 0 spiro atoms. The highest BCUT2D eigenvalue weighted by molar-refractivity contribution is 6.04. The molecular formula is C20H20N6O3. The highest BCUT2D eigenvalue weighted by atomic mass is 16.4. The fourth-order valence-electron chi connectivity index (χ4n) is 3.09. The highest BCUT2D eigenvalue weighted by Gasteiger charge is 2.37. The number of benzene rings is 2. The third kappa shape index (κ3) is 4.11. The highest BCUT2D eigenvalue weighted by Crippen LogP contribution is 2.35. The first-order chi connectivity index (χ1) is 13.7. The van der Waals surface area contributed by atoms with Gasteiger partial charge in [0.25, 0.3) is 0 Å². The van der Waals surface area contributed by atoms with E-state index >= 15 is 0 Å². The molecule has 0 saturated carbocycles. The van der Waals surface area contributed by atoms with Crippen molar-refractivity contribution in [2.24, 2.45) is 4.99 Å². The number of nitrogens with one attached hydrogen (secondary N) is 2. The molecule has 0 aromatic heterocycles. The number of nitrogens with two attached hydrogens (primary N) is 1.